The van der Waals surface area contributed by atoms with Crippen LogP contribution in [-0.2, 0) is 0 Å². The molecule has 1 aliphatic rings. The van der Waals surface area contributed by atoms with E-state index in [-0.39, 0.29) is 11.7 Å². The van der Waals surface area contributed by atoms with E-state index in [1.165, 1.54) is 6.07 Å². The predicted octanol–water partition coefficient (Wildman–Crippen LogP) is 4.22. The fraction of sp³-hybridized carbons (Fsp3) is 0.381. The molecule has 1 heterocycles. The van der Waals surface area contributed by atoms with Crippen LogP contribution in [0.15, 0.2) is 42.5 Å². The monoisotopic (exact) mass is 374 g/mol. The first-order valence-corrected chi connectivity index (χ1v) is 9.29. The van der Waals surface area contributed by atoms with Crippen LogP contribution in [0.2, 0.25) is 0 Å². The van der Waals surface area contributed by atoms with Crippen molar-refractivity contribution in [3.8, 4) is 11.5 Å². The van der Waals surface area contributed by atoms with Gasteiger partial charge in [0.1, 0.15) is 11.6 Å². The van der Waals surface area contributed by atoms with Crippen molar-refractivity contribution < 1.29 is 18.3 Å². The van der Waals surface area contributed by atoms with Crippen LogP contribution in [0.4, 0.5) is 8.78 Å². The maximum Gasteiger partial charge on any atom is 0.253 e. The molecule has 144 valence electrons. The maximum absolute atomic E-state index is 13.7. The number of likely N-dealkylation sites (tertiary alicyclic amines) is 1. The molecule has 0 radical (unpaired) electrons. The molecule has 2 aromatic carbocycles. The fourth-order valence-electron chi connectivity index (χ4n) is 3.22. The molecule has 0 aromatic heterocycles. The van der Waals surface area contributed by atoms with E-state index in [1.807, 2.05) is 4.90 Å². The molecule has 1 amide bonds. The number of amides is 1. The minimum Gasteiger partial charge on any atom is -0.454 e. The van der Waals surface area contributed by atoms with Crippen molar-refractivity contribution in [2.75, 3.05) is 26.2 Å². The van der Waals surface area contributed by atoms with Crippen molar-refractivity contribution in [2.24, 2.45) is 5.92 Å². The van der Waals surface area contributed by atoms with Gasteiger partial charge in [0.05, 0.1) is 0 Å². The van der Waals surface area contributed by atoms with Crippen molar-refractivity contribution in [2.45, 2.75) is 19.8 Å². The van der Waals surface area contributed by atoms with Crippen LogP contribution in [-0.4, -0.2) is 37.0 Å². The van der Waals surface area contributed by atoms with Crippen molar-refractivity contribution in [1.29, 1.82) is 0 Å². The number of piperidine rings is 1. The molecule has 0 bridgehead atoms. The number of hydrogen-bond donors (Lipinski definition) is 1. The van der Waals surface area contributed by atoms with Gasteiger partial charge in [-0.15, -0.1) is 0 Å². The number of nitrogens with one attached hydrogen (secondary N) is 1. The molecule has 1 fully saturated rings. The molecule has 0 saturated carbocycles. The zero-order chi connectivity index (χ0) is 19.2. The molecular formula is C21H24F2N2O2. The van der Waals surface area contributed by atoms with E-state index < -0.39 is 11.6 Å². The summed E-state index contributed by atoms with van der Waals surface area (Å²) in [6.45, 7) is 5.58. The van der Waals surface area contributed by atoms with Crippen LogP contribution in [0.3, 0.4) is 0 Å². The van der Waals surface area contributed by atoms with Gasteiger partial charge in [0.2, 0.25) is 0 Å². The van der Waals surface area contributed by atoms with Gasteiger partial charge < -0.3 is 15.0 Å². The minimum atomic E-state index is -0.768. The van der Waals surface area contributed by atoms with Crippen molar-refractivity contribution >= 4 is 5.91 Å². The molecule has 1 N–H and O–H groups in total. The molecule has 0 aliphatic carbocycles. The van der Waals surface area contributed by atoms with Gasteiger partial charge in [-0.2, -0.15) is 0 Å². The lowest BCUT2D eigenvalue weighted by Gasteiger charge is -2.32. The third-order valence-corrected chi connectivity index (χ3v) is 4.81. The first-order chi connectivity index (χ1) is 13.1. The average molecular weight is 374 g/mol. The quantitative estimate of drug-likeness (QED) is 0.823. The van der Waals surface area contributed by atoms with Crippen LogP contribution >= 0.6 is 0 Å². The number of carbonyl (C=O) groups is 1. The minimum absolute atomic E-state index is 0.00332. The van der Waals surface area contributed by atoms with Crippen LogP contribution in [0.25, 0.3) is 0 Å². The summed E-state index contributed by atoms with van der Waals surface area (Å²) < 4.78 is 32.0. The first-order valence-electron chi connectivity index (χ1n) is 9.29. The van der Waals surface area contributed by atoms with E-state index in [1.54, 1.807) is 24.3 Å². The molecule has 4 nitrogen and oxygen atoms in total. The Balaban J connectivity index is 1.58. The zero-order valence-corrected chi connectivity index (χ0v) is 15.4. The Labute approximate surface area is 158 Å². The Morgan fingerprint density at radius 2 is 1.85 bits per heavy atom. The van der Waals surface area contributed by atoms with E-state index in [9.17, 15) is 13.6 Å². The Kier molecular flexibility index (Phi) is 6.40. The largest absolute Gasteiger partial charge is 0.454 e. The molecule has 1 aliphatic heterocycles. The van der Waals surface area contributed by atoms with Crippen LogP contribution in [0, 0.1) is 17.6 Å². The summed E-state index contributed by atoms with van der Waals surface area (Å²) in [6.07, 6.45) is 2.01. The van der Waals surface area contributed by atoms with E-state index in [4.69, 9.17) is 4.74 Å². The Hall–Kier alpha value is -2.47. The van der Waals surface area contributed by atoms with E-state index in [2.05, 4.69) is 12.2 Å². The summed E-state index contributed by atoms with van der Waals surface area (Å²) in [5.41, 5.74) is 0.576. The molecule has 0 spiro atoms. The maximum atomic E-state index is 13.7. The van der Waals surface area contributed by atoms with Crippen LogP contribution in [0.5, 0.6) is 11.5 Å². The summed E-state index contributed by atoms with van der Waals surface area (Å²) >= 11 is 0. The van der Waals surface area contributed by atoms with Gasteiger partial charge in [0.25, 0.3) is 5.91 Å². The van der Waals surface area contributed by atoms with E-state index in [0.29, 0.717) is 17.2 Å². The highest BCUT2D eigenvalue weighted by Gasteiger charge is 2.23. The summed E-state index contributed by atoms with van der Waals surface area (Å²) in [5.74, 6) is -0.475. The average Bonchev–Trinajstić information content (AvgIpc) is 2.69. The third kappa shape index (κ3) is 5.04. The van der Waals surface area contributed by atoms with Crippen molar-refractivity contribution in [1.82, 2.24) is 10.2 Å². The fourth-order valence-corrected chi connectivity index (χ4v) is 3.22. The number of hydrogen-bond acceptors (Lipinski definition) is 3. The van der Waals surface area contributed by atoms with Gasteiger partial charge in [-0.05, 0) is 68.2 Å². The number of ether oxygens (including phenoxy) is 1. The highest BCUT2D eigenvalue weighted by atomic mass is 19.1. The normalized spacial score (nSPS) is 15.0. The third-order valence-electron chi connectivity index (χ3n) is 4.81. The van der Waals surface area contributed by atoms with Gasteiger partial charge in [0, 0.05) is 24.7 Å². The number of nitrogens with zero attached hydrogens (tertiary/aromatic N) is 1. The number of benzene rings is 2. The van der Waals surface area contributed by atoms with Crippen LogP contribution < -0.4 is 10.1 Å². The van der Waals surface area contributed by atoms with Gasteiger partial charge in [0.15, 0.2) is 11.6 Å². The lowest BCUT2D eigenvalue weighted by atomic mass is 9.96. The van der Waals surface area contributed by atoms with Crippen LogP contribution in [0.1, 0.15) is 30.1 Å². The molecule has 3 rings (SSSR count). The Morgan fingerprint density at radius 1 is 1.15 bits per heavy atom. The summed E-state index contributed by atoms with van der Waals surface area (Å²) in [6, 6.07) is 9.72. The molecule has 1 saturated heterocycles. The first kappa shape index (κ1) is 19.3. The second kappa shape index (κ2) is 8.95. The highest BCUT2D eigenvalue weighted by Crippen LogP contribution is 2.26. The summed E-state index contributed by atoms with van der Waals surface area (Å²) in [7, 11) is 0. The van der Waals surface area contributed by atoms with Crippen molar-refractivity contribution in [3.05, 3.63) is 59.7 Å². The van der Waals surface area contributed by atoms with Crippen molar-refractivity contribution in [3.63, 3.8) is 0 Å². The topological polar surface area (TPSA) is 41.6 Å². The Bertz CT molecular complexity index is 772. The van der Waals surface area contributed by atoms with E-state index in [0.717, 1.165) is 51.2 Å². The van der Waals surface area contributed by atoms with Gasteiger partial charge in [-0.25, -0.2) is 8.78 Å². The standard InChI is InChI=1S/C21H24F2N2O2/c1-2-24-14-15-9-11-25(12-10-15)21(26)16-3-6-18(7-4-16)27-20-8-5-17(22)13-19(20)23/h3-8,13,15,24H,2,9-12,14H2,1H3. The van der Waals surface area contributed by atoms with E-state index >= 15 is 0 Å². The molecule has 2 aromatic rings. The lowest BCUT2D eigenvalue weighted by Crippen LogP contribution is -2.40. The SMILES string of the molecule is CCNCC1CCN(C(=O)c2ccc(Oc3ccc(F)cc3F)cc2)CC1. The molecule has 0 unspecified atom stereocenters. The molecular weight excluding hydrogens is 350 g/mol. The predicted molar refractivity (Wildman–Crippen MR) is 100 cm³/mol. The molecule has 6 heteroatoms. The number of rotatable bonds is 6. The smallest absolute Gasteiger partial charge is 0.253 e. The number of carbonyl (C=O) groups excluding carboxylic acids is 1. The second-order valence-electron chi connectivity index (χ2n) is 6.74. The number of halogens is 2. The van der Waals surface area contributed by atoms with Gasteiger partial charge >= 0.3 is 0 Å². The lowest BCUT2D eigenvalue weighted by molar-refractivity contribution is 0.0690. The van der Waals surface area contributed by atoms with Gasteiger partial charge in [-0.3, -0.25) is 4.79 Å². The summed E-state index contributed by atoms with van der Waals surface area (Å²) in [4.78, 5) is 14.5. The zero-order valence-electron chi connectivity index (χ0n) is 15.4. The molecule has 0 atom stereocenters. The Morgan fingerprint density at radius 3 is 2.48 bits per heavy atom. The molecule has 27 heavy (non-hydrogen) atoms. The van der Waals surface area contributed by atoms with Gasteiger partial charge in [-0.1, -0.05) is 6.92 Å². The highest BCUT2D eigenvalue weighted by molar-refractivity contribution is 5.94. The second-order valence-corrected chi connectivity index (χ2v) is 6.74. The summed E-state index contributed by atoms with van der Waals surface area (Å²) in [5, 5.41) is 3.36.